The van der Waals surface area contributed by atoms with E-state index in [1.165, 1.54) is 19.1 Å². The molecule has 0 saturated carbocycles. The molecule has 1 heterocycles. The van der Waals surface area contributed by atoms with Gasteiger partial charge in [-0.15, -0.1) is 5.10 Å². The van der Waals surface area contributed by atoms with E-state index in [4.69, 9.17) is 5.26 Å². The number of nitrogens with zero attached hydrogens (tertiary/aromatic N) is 4. The lowest BCUT2D eigenvalue weighted by Gasteiger charge is -2.13. The number of hydrogen-bond acceptors (Lipinski definition) is 6. The molecule has 8 nitrogen and oxygen atoms in total. The molecule has 32 heavy (non-hydrogen) atoms. The van der Waals surface area contributed by atoms with Crippen molar-refractivity contribution in [3.63, 3.8) is 0 Å². The van der Waals surface area contributed by atoms with Crippen LogP contribution < -0.4 is 4.72 Å². The van der Waals surface area contributed by atoms with Crippen LogP contribution in [0.1, 0.15) is 32.9 Å². The maximum absolute atomic E-state index is 14.3. The summed E-state index contributed by atoms with van der Waals surface area (Å²) in [6.07, 6.45) is -5.25. The highest BCUT2D eigenvalue weighted by atomic mass is 32.2. The topological polar surface area (TPSA) is 118 Å². The van der Waals surface area contributed by atoms with Crippen LogP contribution in [0.25, 0.3) is 5.69 Å². The van der Waals surface area contributed by atoms with Crippen LogP contribution in [-0.2, 0) is 16.2 Å². The molecule has 0 aliphatic rings. The molecule has 1 aromatic heterocycles. The predicted octanol–water partition coefficient (Wildman–Crippen LogP) is 3.03. The summed E-state index contributed by atoms with van der Waals surface area (Å²) in [6.45, 7) is 3.04. The molecule has 0 radical (unpaired) electrons. The van der Waals surface area contributed by atoms with Crippen molar-refractivity contribution in [2.75, 3.05) is 0 Å². The second kappa shape index (κ2) is 8.04. The molecule has 2 aromatic carbocycles. The maximum atomic E-state index is 14.3. The Hall–Kier alpha value is -3.79. The van der Waals surface area contributed by atoms with Crippen LogP contribution in [0.2, 0.25) is 0 Å². The van der Waals surface area contributed by atoms with E-state index in [0.717, 1.165) is 12.1 Å². The number of aromatic nitrogens is 3. The van der Waals surface area contributed by atoms with Crippen LogP contribution >= 0.6 is 0 Å². The van der Waals surface area contributed by atoms with Crippen LogP contribution in [0.5, 0.6) is 0 Å². The highest BCUT2D eigenvalue weighted by Gasteiger charge is 2.43. The molecule has 0 fully saturated rings. The van der Waals surface area contributed by atoms with Crippen molar-refractivity contribution in [3.8, 4) is 11.8 Å². The minimum Gasteiger partial charge on any atom is -0.266 e. The Morgan fingerprint density at radius 1 is 1.16 bits per heavy atom. The lowest BCUT2D eigenvalue weighted by Crippen LogP contribution is -2.33. The molecule has 0 bridgehead atoms. The standard InChI is InChI=1S/C19H13F4N5O3S/c1-10-3-4-11(2)15(7-10)32(30,31)26-18(29)16-17(19(21,22)23)28(27-25-16)14-6-5-12(9-24)8-13(14)20/h3-8H,1-2H3,(H,26,29). The highest BCUT2D eigenvalue weighted by molar-refractivity contribution is 7.90. The van der Waals surface area contributed by atoms with Crippen molar-refractivity contribution in [2.24, 2.45) is 0 Å². The first-order valence-corrected chi connectivity index (χ1v) is 10.2. The normalized spacial score (nSPS) is 11.8. The number of sulfonamides is 1. The number of rotatable bonds is 4. The number of amides is 1. The molecule has 1 N–H and O–H groups in total. The van der Waals surface area contributed by atoms with Crippen molar-refractivity contribution < 1.29 is 30.8 Å². The number of aryl methyl sites for hydroxylation is 2. The second-order valence-electron chi connectivity index (χ2n) is 6.68. The van der Waals surface area contributed by atoms with E-state index in [0.29, 0.717) is 11.6 Å². The van der Waals surface area contributed by atoms with Crippen molar-refractivity contribution in [3.05, 3.63) is 70.3 Å². The third-order valence-electron chi connectivity index (χ3n) is 4.32. The lowest BCUT2D eigenvalue weighted by molar-refractivity contribution is -0.143. The van der Waals surface area contributed by atoms with Gasteiger partial charge in [0.25, 0.3) is 15.9 Å². The van der Waals surface area contributed by atoms with E-state index in [2.05, 4.69) is 10.3 Å². The summed E-state index contributed by atoms with van der Waals surface area (Å²) in [4.78, 5) is 12.2. The smallest absolute Gasteiger partial charge is 0.266 e. The monoisotopic (exact) mass is 467 g/mol. The average Bonchev–Trinajstić information content (AvgIpc) is 3.15. The molecule has 0 spiro atoms. The molecule has 13 heteroatoms. The number of carbonyl (C=O) groups is 1. The largest absolute Gasteiger partial charge is 0.435 e. The second-order valence-corrected chi connectivity index (χ2v) is 8.33. The zero-order valence-corrected chi connectivity index (χ0v) is 17.2. The Labute approximate surface area is 179 Å². The van der Waals surface area contributed by atoms with E-state index in [9.17, 15) is 30.8 Å². The summed E-state index contributed by atoms with van der Waals surface area (Å²) < 4.78 is 82.2. The van der Waals surface area contributed by atoms with Gasteiger partial charge < -0.3 is 0 Å². The zero-order chi connectivity index (χ0) is 23.8. The van der Waals surface area contributed by atoms with E-state index >= 15 is 0 Å². The summed E-state index contributed by atoms with van der Waals surface area (Å²) in [5.74, 6) is -2.92. The van der Waals surface area contributed by atoms with Gasteiger partial charge in [-0.25, -0.2) is 22.2 Å². The molecule has 0 atom stereocenters. The van der Waals surface area contributed by atoms with Gasteiger partial charge in [0, 0.05) is 0 Å². The van der Waals surface area contributed by atoms with Gasteiger partial charge in [-0.2, -0.15) is 18.4 Å². The third kappa shape index (κ3) is 4.30. The molecule has 3 aromatic rings. The first-order chi connectivity index (χ1) is 14.8. The minimum atomic E-state index is -5.25. The molecule has 0 unspecified atom stereocenters. The number of alkyl halides is 3. The fourth-order valence-electron chi connectivity index (χ4n) is 2.83. The van der Waals surface area contributed by atoms with Crippen LogP contribution in [0, 0.1) is 31.0 Å². The predicted molar refractivity (Wildman–Crippen MR) is 102 cm³/mol. The number of nitriles is 1. The molecule has 0 aliphatic carbocycles. The van der Waals surface area contributed by atoms with E-state index in [-0.39, 0.29) is 20.7 Å². The Balaban J connectivity index is 2.08. The van der Waals surface area contributed by atoms with Gasteiger partial charge in [-0.3, -0.25) is 4.79 Å². The van der Waals surface area contributed by atoms with Crippen LogP contribution in [0.4, 0.5) is 17.6 Å². The number of carbonyl (C=O) groups excluding carboxylic acids is 1. The Morgan fingerprint density at radius 2 is 1.84 bits per heavy atom. The Bertz CT molecular complexity index is 1370. The minimum absolute atomic E-state index is 0.0237. The molecule has 0 saturated heterocycles. The van der Waals surface area contributed by atoms with Crippen LogP contribution in [-0.4, -0.2) is 29.3 Å². The summed E-state index contributed by atoms with van der Waals surface area (Å²) in [6, 6.07) is 8.55. The average molecular weight is 467 g/mol. The Morgan fingerprint density at radius 3 is 2.44 bits per heavy atom. The molecule has 1 amide bonds. The fourth-order valence-corrected chi connectivity index (χ4v) is 4.11. The van der Waals surface area contributed by atoms with E-state index in [1.807, 2.05) is 0 Å². The van der Waals surface area contributed by atoms with Gasteiger partial charge in [-0.1, -0.05) is 17.3 Å². The number of halogens is 4. The Kier molecular flexibility index (Phi) is 5.75. The third-order valence-corrected chi connectivity index (χ3v) is 5.79. The number of hydrogen-bond donors (Lipinski definition) is 1. The van der Waals surface area contributed by atoms with Crippen LogP contribution in [0.3, 0.4) is 0 Å². The van der Waals surface area contributed by atoms with Crippen LogP contribution in [0.15, 0.2) is 41.3 Å². The summed E-state index contributed by atoms with van der Waals surface area (Å²) in [5, 5.41) is 15.1. The summed E-state index contributed by atoms with van der Waals surface area (Å²) in [5.41, 5.74) is -3.24. The molecule has 0 aliphatic heterocycles. The van der Waals surface area contributed by atoms with E-state index in [1.54, 1.807) is 23.8 Å². The number of nitrogens with one attached hydrogen (secondary N) is 1. The van der Waals surface area contributed by atoms with Gasteiger partial charge in [0.1, 0.15) is 11.5 Å². The fraction of sp³-hybridized carbons (Fsp3) is 0.158. The number of benzene rings is 2. The maximum Gasteiger partial charge on any atom is 0.435 e. The SMILES string of the molecule is Cc1ccc(C)c(S(=O)(=O)NC(=O)c2nnn(-c3ccc(C#N)cc3F)c2C(F)(F)F)c1. The molecule has 166 valence electrons. The van der Waals surface area contributed by atoms with E-state index < -0.39 is 45.0 Å². The lowest BCUT2D eigenvalue weighted by atomic mass is 10.2. The highest BCUT2D eigenvalue weighted by Crippen LogP contribution is 2.33. The first kappa shape index (κ1) is 22.9. The van der Waals surface area contributed by atoms with Crippen molar-refractivity contribution >= 4 is 15.9 Å². The van der Waals surface area contributed by atoms with Gasteiger partial charge >= 0.3 is 6.18 Å². The molecular formula is C19H13F4N5O3S. The van der Waals surface area contributed by atoms with Crippen molar-refractivity contribution in [1.82, 2.24) is 19.7 Å². The van der Waals surface area contributed by atoms with Gasteiger partial charge in [-0.05, 0) is 49.2 Å². The van der Waals surface area contributed by atoms with Gasteiger partial charge in [0.05, 0.1) is 16.5 Å². The first-order valence-electron chi connectivity index (χ1n) is 8.72. The molecular weight excluding hydrogens is 454 g/mol. The molecule has 3 rings (SSSR count). The summed E-state index contributed by atoms with van der Waals surface area (Å²) >= 11 is 0. The van der Waals surface area contributed by atoms with Crippen molar-refractivity contribution in [2.45, 2.75) is 24.9 Å². The quantitative estimate of drug-likeness (QED) is 0.590. The summed E-state index contributed by atoms with van der Waals surface area (Å²) in [7, 11) is -4.55. The van der Waals surface area contributed by atoms with Crippen molar-refractivity contribution in [1.29, 1.82) is 5.26 Å². The van der Waals surface area contributed by atoms with Gasteiger partial charge in [0.15, 0.2) is 11.4 Å². The zero-order valence-electron chi connectivity index (χ0n) is 16.4. The van der Waals surface area contributed by atoms with Gasteiger partial charge in [0.2, 0.25) is 0 Å².